The number of hydrogen-bond acceptors (Lipinski definition) is 3. The summed E-state index contributed by atoms with van der Waals surface area (Å²) in [6.45, 7) is 4.38. The van der Waals surface area contributed by atoms with Crippen LogP contribution in [0.5, 0.6) is 0 Å². The van der Waals surface area contributed by atoms with E-state index in [-0.39, 0.29) is 0 Å². The van der Waals surface area contributed by atoms with Crippen LogP contribution in [-0.2, 0) is 10.0 Å². The SMILES string of the molecule is CC(C)S(=O)(=O)NCCN(C)c1ccc(Br)cc1. The number of sulfonamides is 1. The topological polar surface area (TPSA) is 49.4 Å². The summed E-state index contributed by atoms with van der Waals surface area (Å²) in [7, 11) is -1.23. The van der Waals surface area contributed by atoms with Gasteiger partial charge in [-0.05, 0) is 38.1 Å². The molecule has 0 bridgehead atoms. The van der Waals surface area contributed by atoms with Crippen LogP contribution in [0, 0.1) is 0 Å². The summed E-state index contributed by atoms with van der Waals surface area (Å²) in [5.41, 5.74) is 1.06. The Morgan fingerprint density at radius 3 is 2.33 bits per heavy atom. The molecule has 0 saturated heterocycles. The van der Waals surface area contributed by atoms with E-state index in [1.54, 1.807) is 13.8 Å². The lowest BCUT2D eigenvalue weighted by atomic mass is 10.3. The lowest BCUT2D eigenvalue weighted by molar-refractivity contribution is 0.572. The van der Waals surface area contributed by atoms with Crippen LogP contribution in [0.4, 0.5) is 5.69 Å². The Bertz CT molecular complexity index is 471. The highest BCUT2D eigenvalue weighted by molar-refractivity contribution is 9.10. The Hall–Kier alpha value is -0.590. The van der Waals surface area contributed by atoms with Gasteiger partial charge in [0.1, 0.15) is 0 Å². The van der Waals surface area contributed by atoms with Crippen molar-refractivity contribution in [2.75, 3.05) is 25.0 Å². The van der Waals surface area contributed by atoms with E-state index in [0.29, 0.717) is 13.1 Å². The average Bonchev–Trinajstić information content (AvgIpc) is 2.29. The van der Waals surface area contributed by atoms with Crippen LogP contribution >= 0.6 is 15.9 Å². The van der Waals surface area contributed by atoms with Gasteiger partial charge in [0.2, 0.25) is 10.0 Å². The lowest BCUT2D eigenvalue weighted by Crippen LogP contribution is -2.36. The van der Waals surface area contributed by atoms with Crippen molar-refractivity contribution in [3.05, 3.63) is 28.7 Å². The molecule has 0 saturated carbocycles. The van der Waals surface area contributed by atoms with Gasteiger partial charge >= 0.3 is 0 Å². The van der Waals surface area contributed by atoms with Crippen LogP contribution in [0.15, 0.2) is 28.7 Å². The Morgan fingerprint density at radius 2 is 1.83 bits per heavy atom. The van der Waals surface area contributed by atoms with Crippen molar-refractivity contribution in [1.82, 2.24) is 4.72 Å². The van der Waals surface area contributed by atoms with Crippen LogP contribution in [0.3, 0.4) is 0 Å². The number of rotatable bonds is 6. The number of hydrogen-bond donors (Lipinski definition) is 1. The molecule has 1 N–H and O–H groups in total. The average molecular weight is 335 g/mol. The fraction of sp³-hybridized carbons (Fsp3) is 0.500. The first kappa shape index (κ1) is 15.5. The van der Waals surface area contributed by atoms with Gasteiger partial charge in [-0.15, -0.1) is 0 Å². The van der Waals surface area contributed by atoms with Crippen LogP contribution < -0.4 is 9.62 Å². The van der Waals surface area contributed by atoms with Gasteiger partial charge in [-0.3, -0.25) is 0 Å². The van der Waals surface area contributed by atoms with Gasteiger partial charge in [0, 0.05) is 30.3 Å². The normalized spacial score (nSPS) is 11.8. The second-order valence-corrected chi connectivity index (χ2v) is 7.62. The number of nitrogens with one attached hydrogen (secondary N) is 1. The molecule has 0 heterocycles. The highest BCUT2D eigenvalue weighted by Gasteiger charge is 2.14. The third-order valence-corrected chi connectivity index (χ3v) is 5.01. The molecule has 0 radical (unpaired) electrons. The first-order valence-corrected chi connectivity index (χ1v) is 8.12. The maximum absolute atomic E-state index is 11.6. The van der Waals surface area contributed by atoms with Gasteiger partial charge in [-0.2, -0.15) is 0 Å². The van der Waals surface area contributed by atoms with Crippen LogP contribution in [0.2, 0.25) is 0 Å². The van der Waals surface area contributed by atoms with Gasteiger partial charge in [-0.25, -0.2) is 13.1 Å². The predicted octanol–water partition coefficient (Wildman–Crippen LogP) is 2.21. The molecule has 0 aliphatic rings. The van der Waals surface area contributed by atoms with Crippen molar-refractivity contribution in [2.24, 2.45) is 0 Å². The molecule has 1 aromatic rings. The molecule has 18 heavy (non-hydrogen) atoms. The minimum Gasteiger partial charge on any atom is -0.373 e. The van der Waals surface area contributed by atoms with E-state index in [1.807, 2.05) is 36.2 Å². The van der Waals surface area contributed by atoms with Gasteiger partial charge in [0.05, 0.1) is 5.25 Å². The number of likely N-dealkylation sites (N-methyl/N-ethyl adjacent to an activating group) is 1. The van der Waals surface area contributed by atoms with Crippen molar-refractivity contribution >= 4 is 31.6 Å². The molecule has 102 valence electrons. The van der Waals surface area contributed by atoms with Crippen molar-refractivity contribution < 1.29 is 8.42 Å². The molecule has 6 heteroatoms. The second kappa shape index (κ2) is 6.54. The Morgan fingerprint density at radius 1 is 1.28 bits per heavy atom. The Labute approximate surface area is 118 Å². The van der Waals surface area contributed by atoms with Crippen molar-refractivity contribution in [1.29, 1.82) is 0 Å². The van der Waals surface area contributed by atoms with Crippen molar-refractivity contribution in [3.63, 3.8) is 0 Å². The minimum absolute atomic E-state index is 0.393. The highest BCUT2D eigenvalue weighted by Crippen LogP contribution is 2.16. The van der Waals surface area contributed by atoms with Crippen LogP contribution in [0.25, 0.3) is 0 Å². The zero-order chi connectivity index (χ0) is 13.8. The van der Waals surface area contributed by atoms with E-state index in [0.717, 1.165) is 10.2 Å². The second-order valence-electron chi connectivity index (χ2n) is 4.39. The summed E-state index contributed by atoms with van der Waals surface area (Å²) >= 11 is 3.38. The molecular formula is C12H19BrN2O2S. The minimum atomic E-state index is -3.17. The van der Waals surface area contributed by atoms with E-state index < -0.39 is 15.3 Å². The van der Waals surface area contributed by atoms with Crippen molar-refractivity contribution in [3.8, 4) is 0 Å². The molecule has 0 spiro atoms. The molecule has 0 amide bonds. The first-order chi connectivity index (χ1) is 8.33. The number of anilines is 1. The quantitative estimate of drug-likeness (QED) is 0.867. The first-order valence-electron chi connectivity index (χ1n) is 5.78. The Kier molecular flexibility index (Phi) is 5.62. The standard InChI is InChI=1S/C12H19BrN2O2S/c1-10(2)18(16,17)14-8-9-15(3)12-6-4-11(13)5-7-12/h4-7,10,14H,8-9H2,1-3H3. The van der Waals surface area contributed by atoms with Gasteiger partial charge in [-0.1, -0.05) is 15.9 Å². The molecule has 0 aliphatic carbocycles. The van der Waals surface area contributed by atoms with E-state index in [4.69, 9.17) is 0 Å². The smallest absolute Gasteiger partial charge is 0.213 e. The molecule has 1 aromatic carbocycles. The summed E-state index contributed by atoms with van der Waals surface area (Å²) in [4.78, 5) is 2.01. The number of halogens is 1. The molecule has 1 rings (SSSR count). The maximum Gasteiger partial charge on any atom is 0.213 e. The number of benzene rings is 1. The fourth-order valence-electron chi connectivity index (χ4n) is 1.35. The molecule has 0 aliphatic heterocycles. The maximum atomic E-state index is 11.6. The van der Waals surface area contributed by atoms with Crippen LogP contribution in [-0.4, -0.2) is 33.8 Å². The lowest BCUT2D eigenvalue weighted by Gasteiger charge is -2.20. The van der Waals surface area contributed by atoms with Crippen LogP contribution in [0.1, 0.15) is 13.8 Å². The zero-order valence-electron chi connectivity index (χ0n) is 10.9. The molecule has 0 atom stereocenters. The van der Waals surface area contributed by atoms with Gasteiger partial charge < -0.3 is 4.90 Å². The largest absolute Gasteiger partial charge is 0.373 e. The molecular weight excluding hydrogens is 316 g/mol. The molecule has 4 nitrogen and oxygen atoms in total. The highest BCUT2D eigenvalue weighted by atomic mass is 79.9. The zero-order valence-corrected chi connectivity index (χ0v) is 13.3. The summed E-state index contributed by atoms with van der Waals surface area (Å²) in [6, 6.07) is 7.90. The summed E-state index contributed by atoms with van der Waals surface area (Å²) in [6.07, 6.45) is 0. The van der Waals surface area contributed by atoms with E-state index in [9.17, 15) is 8.42 Å². The summed E-state index contributed by atoms with van der Waals surface area (Å²) in [5, 5.41) is -0.393. The summed E-state index contributed by atoms with van der Waals surface area (Å²) < 4.78 is 26.7. The molecule has 0 aromatic heterocycles. The third kappa shape index (κ3) is 4.59. The molecule has 0 unspecified atom stereocenters. The number of nitrogens with zero attached hydrogens (tertiary/aromatic N) is 1. The van der Waals surface area contributed by atoms with E-state index in [2.05, 4.69) is 20.7 Å². The van der Waals surface area contributed by atoms with Crippen molar-refractivity contribution in [2.45, 2.75) is 19.1 Å². The third-order valence-electron chi connectivity index (χ3n) is 2.64. The van der Waals surface area contributed by atoms with E-state index in [1.165, 1.54) is 0 Å². The van der Waals surface area contributed by atoms with E-state index >= 15 is 0 Å². The fourth-order valence-corrected chi connectivity index (χ4v) is 2.32. The van der Waals surface area contributed by atoms with Gasteiger partial charge in [0.25, 0.3) is 0 Å². The summed E-state index contributed by atoms with van der Waals surface area (Å²) in [5.74, 6) is 0. The molecule has 0 fully saturated rings. The Balaban J connectivity index is 2.47. The predicted molar refractivity (Wildman–Crippen MR) is 79.5 cm³/mol. The van der Waals surface area contributed by atoms with Gasteiger partial charge in [0.15, 0.2) is 0 Å². The monoisotopic (exact) mass is 334 g/mol.